The summed E-state index contributed by atoms with van der Waals surface area (Å²) in [5.41, 5.74) is 1.21. The van der Waals surface area contributed by atoms with Crippen molar-refractivity contribution in [1.82, 2.24) is 19.9 Å². The molecule has 0 unspecified atom stereocenters. The summed E-state index contributed by atoms with van der Waals surface area (Å²) in [4.78, 5) is 26.9. The Bertz CT molecular complexity index is 934. The number of anilines is 1. The quantitative estimate of drug-likeness (QED) is 0.694. The topological polar surface area (TPSA) is 85.4 Å². The molecular weight excluding hydrogens is 325 g/mol. The average molecular weight is 341 g/mol. The summed E-state index contributed by atoms with van der Waals surface area (Å²) in [6.45, 7) is 2.18. The highest BCUT2D eigenvalue weighted by atomic mass is 19.1. The van der Waals surface area contributed by atoms with Crippen LogP contribution in [-0.4, -0.2) is 57.0 Å². The number of benzene rings is 1. The molecule has 1 aliphatic rings. The zero-order valence-electron chi connectivity index (χ0n) is 13.3. The second-order valence-electron chi connectivity index (χ2n) is 5.93. The van der Waals surface area contributed by atoms with Crippen LogP contribution in [0.3, 0.4) is 0 Å². The van der Waals surface area contributed by atoms with Crippen molar-refractivity contribution in [2.24, 2.45) is 0 Å². The van der Waals surface area contributed by atoms with Gasteiger partial charge in [-0.15, -0.1) is 0 Å². The SMILES string of the molecule is O=C(c1cc2ccc(O)cc2[nH]1)N1CCN(c2cc(F)ncn2)CC1. The van der Waals surface area contributed by atoms with Crippen LogP contribution in [0.2, 0.25) is 0 Å². The van der Waals surface area contributed by atoms with Crippen LogP contribution in [-0.2, 0) is 0 Å². The molecule has 2 N–H and O–H groups in total. The van der Waals surface area contributed by atoms with Gasteiger partial charge in [0.25, 0.3) is 5.91 Å². The number of phenolic OH excluding ortho intramolecular Hbond substituents is 1. The molecule has 7 nitrogen and oxygen atoms in total. The number of hydrogen-bond acceptors (Lipinski definition) is 5. The summed E-state index contributed by atoms with van der Waals surface area (Å²) in [7, 11) is 0. The number of nitrogens with zero attached hydrogens (tertiary/aromatic N) is 4. The van der Waals surface area contributed by atoms with Crippen LogP contribution in [0.1, 0.15) is 10.5 Å². The van der Waals surface area contributed by atoms with Crippen LogP contribution in [0.25, 0.3) is 10.9 Å². The van der Waals surface area contributed by atoms with E-state index in [-0.39, 0.29) is 11.7 Å². The Hall–Kier alpha value is -3.16. The fourth-order valence-corrected chi connectivity index (χ4v) is 3.04. The standard InChI is InChI=1S/C17H16FN5O2/c18-15-9-16(20-10-19-15)22-3-5-23(6-4-22)17(25)14-7-11-1-2-12(24)8-13(11)21-14/h1-2,7-10,21,24H,3-6H2. The van der Waals surface area contributed by atoms with Gasteiger partial charge in [-0.25, -0.2) is 9.97 Å². The molecule has 3 aromatic rings. The number of amides is 1. The van der Waals surface area contributed by atoms with Gasteiger partial charge in [0.1, 0.15) is 23.6 Å². The molecule has 25 heavy (non-hydrogen) atoms. The van der Waals surface area contributed by atoms with E-state index in [9.17, 15) is 14.3 Å². The Balaban J connectivity index is 1.47. The maximum absolute atomic E-state index is 13.2. The van der Waals surface area contributed by atoms with Crippen molar-refractivity contribution in [2.75, 3.05) is 31.1 Å². The van der Waals surface area contributed by atoms with Crippen molar-refractivity contribution in [3.05, 3.63) is 48.3 Å². The number of halogens is 1. The molecule has 1 saturated heterocycles. The second kappa shape index (κ2) is 6.04. The molecule has 3 heterocycles. The third kappa shape index (κ3) is 2.98. The zero-order valence-corrected chi connectivity index (χ0v) is 13.3. The van der Waals surface area contributed by atoms with Gasteiger partial charge >= 0.3 is 0 Å². The Labute approximate surface area is 142 Å². The molecule has 0 saturated carbocycles. The van der Waals surface area contributed by atoms with Gasteiger partial charge in [0.15, 0.2) is 0 Å². The molecule has 8 heteroatoms. The molecule has 1 aliphatic heterocycles. The highest BCUT2D eigenvalue weighted by Crippen LogP contribution is 2.22. The predicted octanol–water partition coefficient (Wildman–Crippen LogP) is 1.76. The lowest BCUT2D eigenvalue weighted by Gasteiger charge is -2.35. The van der Waals surface area contributed by atoms with Crippen LogP contribution in [0.5, 0.6) is 5.75 Å². The number of fused-ring (bicyclic) bond motifs is 1. The smallest absolute Gasteiger partial charge is 0.270 e. The number of phenols is 1. The Kier molecular flexibility index (Phi) is 3.72. The average Bonchev–Trinajstić information content (AvgIpc) is 3.04. The van der Waals surface area contributed by atoms with Crippen LogP contribution in [0.15, 0.2) is 36.7 Å². The van der Waals surface area contributed by atoms with E-state index in [2.05, 4.69) is 15.0 Å². The zero-order chi connectivity index (χ0) is 17.4. The van der Waals surface area contributed by atoms with Gasteiger partial charge in [-0.2, -0.15) is 4.39 Å². The van der Waals surface area contributed by atoms with E-state index in [0.29, 0.717) is 37.7 Å². The summed E-state index contributed by atoms with van der Waals surface area (Å²) < 4.78 is 13.2. The van der Waals surface area contributed by atoms with Gasteiger partial charge in [0.2, 0.25) is 5.95 Å². The van der Waals surface area contributed by atoms with Crippen molar-refractivity contribution in [3.8, 4) is 5.75 Å². The maximum Gasteiger partial charge on any atom is 0.270 e. The molecule has 1 fully saturated rings. The molecule has 0 bridgehead atoms. The summed E-state index contributed by atoms with van der Waals surface area (Å²) in [5, 5.41) is 10.4. The fraction of sp³-hybridized carbons (Fsp3) is 0.235. The Morgan fingerprint density at radius 2 is 1.92 bits per heavy atom. The van der Waals surface area contributed by atoms with Crippen LogP contribution in [0.4, 0.5) is 10.2 Å². The van der Waals surface area contributed by atoms with Crippen molar-refractivity contribution < 1.29 is 14.3 Å². The molecule has 0 radical (unpaired) electrons. The van der Waals surface area contributed by atoms with Gasteiger partial charge in [-0.3, -0.25) is 4.79 Å². The van der Waals surface area contributed by atoms with E-state index in [1.54, 1.807) is 29.2 Å². The van der Waals surface area contributed by atoms with Crippen molar-refractivity contribution in [2.45, 2.75) is 0 Å². The summed E-state index contributed by atoms with van der Waals surface area (Å²) in [5.74, 6) is 0.0220. The number of carbonyl (C=O) groups is 1. The highest BCUT2D eigenvalue weighted by Gasteiger charge is 2.24. The van der Waals surface area contributed by atoms with Gasteiger partial charge < -0.3 is 19.9 Å². The lowest BCUT2D eigenvalue weighted by molar-refractivity contribution is 0.0741. The lowest BCUT2D eigenvalue weighted by atomic mass is 10.2. The number of hydrogen-bond donors (Lipinski definition) is 2. The minimum atomic E-state index is -0.565. The maximum atomic E-state index is 13.2. The largest absolute Gasteiger partial charge is 0.508 e. The summed E-state index contributed by atoms with van der Waals surface area (Å²) in [6.07, 6.45) is 1.20. The van der Waals surface area contributed by atoms with Crippen LogP contribution in [0, 0.1) is 5.95 Å². The van der Waals surface area contributed by atoms with Crippen molar-refractivity contribution in [3.63, 3.8) is 0 Å². The normalized spacial score (nSPS) is 14.9. The Morgan fingerprint density at radius 3 is 2.68 bits per heavy atom. The van der Waals surface area contributed by atoms with Crippen molar-refractivity contribution >= 4 is 22.6 Å². The van der Waals surface area contributed by atoms with Gasteiger partial charge in [-0.1, -0.05) is 0 Å². The number of rotatable bonds is 2. The minimum absolute atomic E-state index is 0.0933. The molecule has 0 spiro atoms. The number of carbonyl (C=O) groups excluding carboxylic acids is 1. The van der Waals surface area contributed by atoms with E-state index in [1.807, 2.05) is 4.90 Å². The number of aromatic nitrogens is 3. The number of piperazine rings is 1. The second-order valence-corrected chi connectivity index (χ2v) is 5.93. The number of aromatic amines is 1. The van der Waals surface area contributed by atoms with E-state index >= 15 is 0 Å². The highest BCUT2D eigenvalue weighted by molar-refractivity contribution is 5.98. The molecule has 1 amide bonds. The fourth-order valence-electron chi connectivity index (χ4n) is 3.04. The van der Waals surface area contributed by atoms with E-state index < -0.39 is 5.95 Å². The third-order valence-corrected chi connectivity index (χ3v) is 4.35. The molecule has 2 aromatic heterocycles. The van der Waals surface area contributed by atoms with E-state index in [4.69, 9.17) is 0 Å². The first-order valence-electron chi connectivity index (χ1n) is 7.94. The van der Waals surface area contributed by atoms with Crippen LogP contribution >= 0.6 is 0 Å². The molecule has 0 atom stereocenters. The first kappa shape index (κ1) is 15.4. The lowest BCUT2D eigenvalue weighted by Crippen LogP contribution is -2.49. The first-order chi connectivity index (χ1) is 12.1. The minimum Gasteiger partial charge on any atom is -0.508 e. The Morgan fingerprint density at radius 1 is 1.12 bits per heavy atom. The summed E-state index contributed by atoms with van der Waals surface area (Å²) in [6, 6.07) is 8.02. The van der Waals surface area contributed by atoms with Gasteiger partial charge in [0.05, 0.1) is 0 Å². The van der Waals surface area contributed by atoms with E-state index in [1.165, 1.54) is 12.4 Å². The molecule has 1 aromatic carbocycles. The first-order valence-corrected chi connectivity index (χ1v) is 7.94. The third-order valence-electron chi connectivity index (χ3n) is 4.35. The number of nitrogens with one attached hydrogen (secondary N) is 1. The molecular formula is C17H16FN5O2. The van der Waals surface area contributed by atoms with Crippen LogP contribution < -0.4 is 4.90 Å². The molecule has 4 rings (SSSR count). The molecule has 0 aliphatic carbocycles. The van der Waals surface area contributed by atoms with E-state index in [0.717, 1.165) is 10.9 Å². The van der Waals surface area contributed by atoms with Gasteiger partial charge in [-0.05, 0) is 18.2 Å². The predicted molar refractivity (Wildman–Crippen MR) is 90.1 cm³/mol. The molecule has 128 valence electrons. The van der Waals surface area contributed by atoms with Crippen molar-refractivity contribution in [1.29, 1.82) is 0 Å². The summed E-state index contributed by atoms with van der Waals surface area (Å²) >= 11 is 0. The monoisotopic (exact) mass is 341 g/mol. The number of H-pyrrole nitrogens is 1. The number of aromatic hydroxyl groups is 1. The van der Waals surface area contributed by atoms with Gasteiger partial charge in [0, 0.05) is 49.2 Å².